The lowest BCUT2D eigenvalue weighted by atomic mass is 10.1. The Morgan fingerprint density at radius 2 is 2.00 bits per heavy atom. The van der Waals surface area contributed by atoms with Crippen molar-refractivity contribution in [1.82, 2.24) is 9.47 Å². The number of nitrogens with zero attached hydrogens (tertiary/aromatic N) is 3. The van der Waals surface area contributed by atoms with E-state index in [9.17, 15) is 14.4 Å². The highest BCUT2D eigenvalue weighted by molar-refractivity contribution is 7.17. The van der Waals surface area contributed by atoms with Gasteiger partial charge in [-0.05, 0) is 78.9 Å². The molecule has 41 heavy (non-hydrogen) atoms. The van der Waals surface area contributed by atoms with Crippen molar-refractivity contribution in [3.05, 3.63) is 70.9 Å². The van der Waals surface area contributed by atoms with Crippen LogP contribution in [0, 0.1) is 6.92 Å². The topological polar surface area (TPSA) is 105 Å². The van der Waals surface area contributed by atoms with Gasteiger partial charge in [0.25, 0.3) is 11.8 Å². The number of aryl methyl sites for hydroxylation is 2. The van der Waals surface area contributed by atoms with Crippen LogP contribution < -0.4 is 15.4 Å². The van der Waals surface area contributed by atoms with E-state index in [4.69, 9.17) is 4.74 Å². The van der Waals surface area contributed by atoms with Gasteiger partial charge in [0.05, 0.1) is 29.6 Å². The Kier molecular flexibility index (Phi) is 7.32. The van der Waals surface area contributed by atoms with Crippen molar-refractivity contribution in [2.45, 2.75) is 38.6 Å². The molecule has 6 rings (SSSR count). The molecular formula is C31H31N5O4S. The smallest absolute Gasteiger partial charge is 0.272 e. The Morgan fingerprint density at radius 1 is 1.12 bits per heavy atom. The van der Waals surface area contributed by atoms with E-state index < -0.39 is 0 Å². The van der Waals surface area contributed by atoms with E-state index >= 15 is 0 Å². The molecule has 2 aromatic carbocycles. The second-order valence-corrected chi connectivity index (χ2v) is 11.4. The first-order valence-corrected chi connectivity index (χ1v) is 14.6. The molecule has 1 fully saturated rings. The van der Waals surface area contributed by atoms with Crippen molar-refractivity contribution >= 4 is 62.4 Å². The van der Waals surface area contributed by atoms with Gasteiger partial charge in [0.15, 0.2) is 0 Å². The van der Waals surface area contributed by atoms with Crippen molar-refractivity contribution in [2.24, 2.45) is 12.0 Å². The molecule has 210 valence electrons. The lowest BCUT2D eigenvalue weighted by Crippen LogP contribution is -2.35. The van der Waals surface area contributed by atoms with Gasteiger partial charge in [0, 0.05) is 48.9 Å². The monoisotopic (exact) mass is 569 g/mol. The number of amides is 3. The summed E-state index contributed by atoms with van der Waals surface area (Å²) in [6, 6.07) is 13.2. The first-order valence-electron chi connectivity index (χ1n) is 13.7. The fourth-order valence-corrected chi connectivity index (χ4v) is 6.14. The zero-order valence-electron chi connectivity index (χ0n) is 23.0. The average molecular weight is 570 g/mol. The zero-order valence-corrected chi connectivity index (χ0v) is 23.8. The number of hydrogen-bond donors (Lipinski definition) is 2. The maximum Gasteiger partial charge on any atom is 0.272 e. The summed E-state index contributed by atoms with van der Waals surface area (Å²) >= 11 is 1.65. The van der Waals surface area contributed by atoms with Gasteiger partial charge in [-0.1, -0.05) is 0 Å². The molecule has 4 heterocycles. The number of benzene rings is 2. The molecule has 2 N–H and O–H groups in total. The van der Waals surface area contributed by atoms with Crippen molar-refractivity contribution in [2.75, 3.05) is 23.8 Å². The number of carbonyl (C=O) groups excluding carboxylic acids is 3. The molecule has 4 aromatic rings. The highest BCUT2D eigenvalue weighted by Gasteiger charge is 2.32. The molecule has 9 nitrogen and oxygen atoms in total. The number of carbonyl (C=O) groups is 3. The summed E-state index contributed by atoms with van der Waals surface area (Å²) in [5, 5.41) is 8.90. The number of anilines is 2. The molecule has 10 heteroatoms. The molecule has 0 saturated carbocycles. The molecule has 1 atom stereocenters. The maximum atomic E-state index is 13.0. The Labute approximate surface area is 241 Å². The van der Waals surface area contributed by atoms with Crippen LogP contribution in [0.25, 0.3) is 10.1 Å². The Hall–Kier alpha value is -4.44. The van der Waals surface area contributed by atoms with Crippen LogP contribution in [0.4, 0.5) is 17.1 Å². The molecule has 2 aliphatic heterocycles. The first kappa shape index (κ1) is 26.8. The number of ether oxygens (including phenoxy) is 1. The molecular weight excluding hydrogens is 538 g/mol. The predicted molar refractivity (Wildman–Crippen MR) is 162 cm³/mol. The molecule has 0 bridgehead atoms. The Balaban J connectivity index is 1.01. The van der Waals surface area contributed by atoms with Gasteiger partial charge in [0.1, 0.15) is 11.4 Å². The van der Waals surface area contributed by atoms with Gasteiger partial charge in [-0.15, -0.1) is 11.3 Å². The third-order valence-electron chi connectivity index (χ3n) is 7.51. The van der Waals surface area contributed by atoms with Gasteiger partial charge in [-0.2, -0.15) is 0 Å². The zero-order chi connectivity index (χ0) is 28.5. The number of thiophene rings is 1. The number of fused-ring (bicyclic) bond motifs is 3. The average Bonchev–Trinajstić information content (AvgIpc) is 3.68. The summed E-state index contributed by atoms with van der Waals surface area (Å²) < 4.78 is 8.82. The third-order valence-corrected chi connectivity index (χ3v) is 8.40. The summed E-state index contributed by atoms with van der Waals surface area (Å²) in [7, 11) is 1.77. The molecule has 0 aliphatic carbocycles. The fourth-order valence-electron chi connectivity index (χ4n) is 5.37. The Bertz CT molecular complexity index is 1690. The highest BCUT2D eigenvalue weighted by Crippen LogP contribution is 2.34. The van der Waals surface area contributed by atoms with Crippen LogP contribution in [-0.2, 0) is 11.8 Å². The van der Waals surface area contributed by atoms with Gasteiger partial charge >= 0.3 is 0 Å². The minimum Gasteiger partial charge on any atom is -0.493 e. The molecule has 1 saturated heterocycles. The van der Waals surface area contributed by atoms with Crippen LogP contribution in [-0.4, -0.2) is 52.6 Å². The van der Waals surface area contributed by atoms with Crippen molar-refractivity contribution in [1.29, 1.82) is 0 Å². The predicted octanol–water partition coefficient (Wildman–Crippen LogP) is 5.92. The fraction of sp³-hybridized carbons (Fsp3) is 0.290. The van der Waals surface area contributed by atoms with Crippen molar-refractivity contribution in [3.63, 3.8) is 0 Å². The van der Waals surface area contributed by atoms with Gasteiger partial charge in [-0.25, -0.2) is 0 Å². The number of aromatic nitrogens is 1. The molecule has 2 aromatic heterocycles. The summed E-state index contributed by atoms with van der Waals surface area (Å²) in [5.41, 5.74) is 3.81. The van der Waals surface area contributed by atoms with Crippen LogP contribution in [0.15, 0.2) is 59.0 Å². The molecule has 0 spiro atoms. The quantitative estimate of drug-likeness (QED) is 0.257. The van der Waals surface area contributed by atoms with Gasteiger partial charge in [-0.3, -0.25) is 19.4 Å². The minimum absolute atomic E-state index is 0.0210. The van der Waals surface area contributed by atoms with Crippen molar-refractivity contribution in [3.8, 4) is 5.75 Å². The second kappa shape index (κ2) is 11.2. The van der Waals surface area contributed by atoms with Crippen molar-refractivity contribution < 1.29 is 19.1 Å². The van der Waals surface area contributed by atoms with E-state index in [1.165, 1.54) is 0 Å². The van der Waals surface area contributed by atoms with Crippen LogP contribution in [0.3, 0.4) is 0 Å². The number of nitrogens with one attached hydrogen (secondary N) is 2. The maximum absolute atomic E-state index is 13.0. The van der Waals surface area contributed by atoms with Gasteiger partial charge < -0.3 is 24.8 Å². The van der Waals surface area contributed by atoms with Gasteiger partial charge in [0.2, 0.25) is 5.91 Å². The standard InChI is InChI=1S/C31H31N5O4S/c1-19-13-24-25(32-17-23-5-3-10-36(23)31(24)39)16-27(19)40-11-4-6-29(37)33-22-15-26(35(2)18-22)30(38)34-21-7-8-28-20(14-21)9-12-41-28/h7-9,12-18,23H,3-6,10-11H2,1-2H3,(H,33,37)(H,34,38)/t23-/m0/s1. The highest BCUT2D eigenvalue weighted by atomic mass is 32.1. The molecule has 2 aliphatic rings. The van der Waals surface area contributed by atoms with Crippen LogP contribution in [0.2, 0.25) is 0 Å². The van der Waals surface area contributed by atoms with E-state index in [2.05, 4.69) is 15.6 Å². The number of hydrogen-bond acceptors (Lipinski definition) is 6. The SMILES string of the molecule is Cc1cc2c(cc1OCCCC(=O)Nc1cc(C(=O)Nc3ccc4sccc4c3)n(C)c1)N=C[C@@H]1CCCN1C2=O. The lowest BCUT2D eigenvalue weighted by Gasteiger charge is -2.20. The van der Waals surface area contributed by atoms with Crippen LogP contribution in [0.5, 0.6) is 5.75 Å². The summed E-state index contributed by atoms with van der Waals surface area (Å²) in [6.45, 7) is 3.02. The summed E-state index contributed by atoms with van der Waals surface area (Å²) in [4.78, 5) is 44.9. The van der Waals surface area contributed by atoms with Crippen LogP contribution in [0.1, 0.15) is 52.1 Å². The van der Waals surface area contributed by atoms with Crippen LogP contribution >= 0.6 is 11.3 Å². The third kappa shape index (κ3) is 5.60. The Morgan fingerprint density at radius 3 is 2.88 bits per heavy atom. The molecule has 0 radical (unpaired) electrons. The van der Waals surface area contributed by atoms with E-state index in [-0.39, 0.29) is 30.2 Å². The minimum atomic E-state index is -0.251. The normalized spacial score (nSPS) is 15.9. The van der Waals surface area contributed by atoms with E-state index in [1.54, 1.807) is 35.2 Å². The summed E-state index contributed by atoms with van der Waals surface area (Å²) in [6.07, 6.45) is 6.29. The van der Waals surface area contributed by atoms with E-state index in [0.717, 1.165) is 40.7 Å². The largest absolute Gasteiger partial charge is 0.493 e. The lowest BCUT2D eigenvalue weighted by molar-refractivity contribution is -0.116. The number of aliphatic imine (C=N–C) groups is 1. The van der Waals surface area contributed by atoms with E-state index in [1.807, 2.05) is 59.8 Å². The molecule has 0 unspecified atom stereocenters. The molecule has 3 amide bonds. The summed E-state index contributed by atoms with van der Waals surface area (Å²) in [5.74, 6) is 0.266. The number of rotatable bonds is 8. The van der Waals surface area contributed by atoms with E-state index in [0.29, 0.717) is 41.4 Å². The second-order valence-electron chi connectivity index (χ2n) is 10.5. The first-order chi connectivity index (χ1) is 19.9.